The fourth-order valence-corrected chi connectivity index (χ4v) is 1.03. The predicted octanol–water partition coefficient (Wildman–Crippen LogP) is -0.786. The molecule has 1 heterocycles. The van der Waals surface area contributed by atoms with Crippen LogP contribution in [0.5, 0.6) is 0 Å². The third-order valence-corrected chi connectivity index (χ3v) is 1.59. The maximum absolute atomic E-state index is 9.99. The van der Waals surface area contributed by atoms with Crippen LogP contribution in [0.15, 0.2) is 6.20 Å². The molecule has 0 bridgehead atoms. The van der Waals surface area contributed by atoms with Crippen molar-refractivity contribution in [2.24, 2.45) is 0 Å². The van der Waals surface area contributed by atoms with Crippen LogP contribution in [0.1, 0.15) is 9.67 Å². The highest BCUT2D eigenvalue weighted by atomic mass is 32.1. The smallest absolute Gasteiger partial charge is 0.177 e. The van der Waals surface area contributed by atoms with Gasteiger partial charge in [-0.1, -0.05) is 0 Å². The van der Waals surface area contributed by atoms with Gasteiger partial charge in [-0.25, -0.2) is 0 Å². The van der Waals surface area contributed by atoms with Crippen LogP contribution in [0.3, 0.4) is 0 Å². The third-order valence-electron chi connectivity index (χ3n) is 0.755. The van der Waals surface area contributed by atoms with Crippen LogP contribution in [0.4, 0.5) is 0 Å². The van der Waals surface area contributed by atoms with Gasteiger partial charge < -0.3 is 0 Å². The molecule has 0 aliphatic heterocycles. The van der Waals surface area contributed by atoms with E-state index in [0.29, 0.717) is 4.88 Å². The predicted molar refractivity (Wildman–Crippen MR) is 35.7 cm³/mol. The van der Waals surface area contributed by atoms with Gasteiger partial charge in [-0.15, -0.1) is 11.3 Å². The molecule has 0 atom stereocenters. The quantitative estimate of drug-likeness (QED) is 0.363. The highest BCUT2D eigenvalue weighted by molar-refractivity contribution is 7.20. The fraction of sp³-hybridized carbons (Fsp3) is 0. The Balaban J connectivity index is 3.00. The third kappa shape index (κ3) is 0.951. The molecular weight excluding hydrogens is 121 g/mol. The molecule has 0 unspecified atom stereocenters. The van der Waals surface area contributed by atoms with E-state index in [1.165, 1.54) is 11.3 Å². The summed E-state index contributed by atoms with van der Waals surface area (Å²) in [5.41, 5.74) is 0. The number of thiazole rings is 1. The van der Waals surface area contributed by atoms with Gasteiger partial charge in [0.15, 0.2) is 14.1 Å². The second-order valence-electron chi connectivity index (χ2n) is 1.40. The van der Waals surface area contributed by atoms with Crippen molar-refractivity contribution in [2.45, 2.75) is 0 Å². The monoisotopic (exact) mass is 125 g/mol. The number of carbonyl (C=O) groups excluding carboxylic acids is 1. The zero-order valence-corrected chi connectivity index (χ0v) is 5.23. The van der Waals surface area contributed by atoms with E-state index in [1.54, 1.807) is 6.20 Å². The van der Waals surface area contributed by atoms with E-state index < -0.39 is 0 Å². The van der Waals surface area contributed by atoms with E-state index in [9.17, 15) is 4.79 Å². The minimum Gasteiger partial charge on any atom is -0.297 e. The Bertz CT molecular complexity index is 198. The number of aldehydes is 1. The molecule has 0 aliphatic rings. The van der Waals surface area contributed by atoms with Crippen molar-refractivity contribution in [1.82, 2.24) is 4.98 Å². The fourth-order valence-electron chi connectivity index (χ4n) is 0.432. The highest BCUT2D eigenvalue weighted by Crippen LogP contribution is 1.96. The molecule has 0 fully saturated rings. The first-order valence-electron chi connectivity index (χ1n) is 2.20. The Kier molecular flexibility index (Phi) is 1.44. The molecule has 0 saturated heterocycles. The Morgan fingerprint density at radius 1 is 1.88 bits per heavy atom. The van der Waals surface area contributed by atoms with Gasteiger partial charge in [0.1, 0.15) is 0 Å². The van der Waals surface area contributed by atoms with Crippen molar-refractivity contribution in [3.05, 3.63) is 11.1 Å². The lowest BCUT2D eigenvalue weighted by Gasteiger charge is -1.68. The summed E-state index contributed by atoms with van der Waals surface area (Å²) in [5, 5.41) is 0. The minimum absolute atomic E-state index is 0.697. The number of aromatic nitrogens is 1. The topological polar surface area (TPSA) is 30.0 Å². The van der Waals surface area contributed by atoms with E-state index in [2.05, 4.69) is 4.98 Å². The van der Waals surface area contributed by atoms with E-state index in [-0.39, 0.29) is 0 Å². The van der Waals surface area contributed by atoms with Crippen LogP contribution in [-0.4, -0.2) is 19.1 Å². The maximum Gasteiger partial charge on any atom is 0.177 e. The molecule has 0 aliphatic carbocycles. The first-order valence-corrected chi connectivity index (χ1v) is 3.02. The molecule has 0 N–H and O–H groups in total. The summed E-state index contributed by atoms with van der Waals surface area (Å²) in [5.74, 6) is 0. The van der Waals surface area contributed by atoms with Crippen LogP contribution >= 0.6 is 11.3 Å². The molecule has 4 heteroatoms. The first kappa shape index (κ1) is 5.50. The SMILES string of the molecule is Bc1ncc(C=O)s1. The van der Waals surface area contributed by atoms with Gasteiger partial charge in [-0.3, -0.25) is 9.78 Å². The molecular formula is C4H4BNOS. The molecule has 1 aromatic heterocycles. The first-order chi connectivity index (χ1) is 3.83. The lowest BCUT2D eigenvalue weighted by Crippen LogP contribution is -1.95. The number of hydrogen-bond acceptors (Lipinski definition) is 3. The number of carbonyl (C=O) groups is 1. The number of rotatable bonds is 1. The highest BCUT2D eigenvalue weighted by Gasteiger charge is 1.91. The molecule has 0 saturated carbocycles. The molecule has 0 aromatic carbocycles. The van der Waals surface area contributed by atoms with Crippen molar-refractivity contribution < 1.29 is 4.79 Å². The summed E-state index contributed by atoms with van der Waals surface area (Å²) in [6, 6.07) is 0. The summed E-state index contributed by atoms with van der Waals surface area (Å²) in [7, 11) is 1.87. The summed E-state index contributed by atoms with van der Waals surface area (Å²) >= 11 is 1.41. The standard InChI is InChI=1S/C4H4BNOS/c5-4-6-1-3(2-7)8-4/h1-2H,5H2. The minimum atomic E-state index is 0.697. The van der Waals surface area contributed by atoms with Crippen LogP contribution in [0.25, 0.3) is 0 Å². The van der Waals surface area contributed by atoms with Gasteiger partial charge in [0.2, 0.25) is 0 Å². The molecule has 1 aromatic rings. The van der Waals surface area contributed by atoms with E-state index in [0.717, 1.165) is 11.2 Å². The van der Waals surface area contributed by atoms with Crippen LogP contribution in [0.2, 0.25) is 0 Å². The zero-order valence-electron chi connectivity index (χ0n) is 4.42. The molecule has 0 spiro atoms. The normalized spacial score (nSPS) is 9.00. The average Bonchev–Trinajstić information content (AvgIpc) is 2.14. The van der Waals surface area contributed by atoms with Gasteiger partial charge in [0.25, 0.3) is 0 Å². The number of hydrogen-bond donors (Lipinski definition) is 0. The molecule has 8 heavy (non-hydrogen) atoms. The van der Waals surface area contributed by atoms with Crippen molar-refractivity contribution in [3.8, 4) is 0 Å². The zero-order chi connectivity index (χ0) is 5.98. The molecule has 0 radical (unpaired) electrons. The molecule has 0 amide bonds. The second kappa shape index (κ2) is 2.09. The van der Waals surface area contributed by atoms with Crippen LogP contribution < -0.4 is 4.91 Å². The molecule has 40 valence electrons. The Morgan fingerprint density at radius 2 is 2.62 bits per heavy atom. The largest absolute Gasteiger partial charge is 0.297 e. The average molecular weight is 125 g/mol. The van der Waals surface area contributed by atoms with Gasteiger partial charge in [-0.05, 0) is 0 Å². The van der Waals surface area contributed by atoms with Crippen molar-refractivity contribution in [1.29, 1.82) is 0 Å². The van der Waals surface area contributed by atoms with Crippen molar-refractivity contribution >= 4 is 30.4 Å². The van der Waals surface area contributed by atoms with Crippen LogP contribution in [-0.2, 0) is 0 Å². The Hall–Kier alpha value is -0.635. The number of nitrogens with zero attached hydrogens (tertiary/aromatic N) is 1. The Labute approximate surface area is 52.0 Å². The van der Waals surface area contributed by atoms with E-state index in [1.807, 2.05) is 7.85 Å². The van der Waals surface area contributed by atoms with Gasteiger partial charge in [0, 0.05) is 11.1 Å². The summed E-state index contributed by atoms with van der Waals surface area (Å²) < 4.78 is 0. The van der Waals surface area contributed by atoms with Crippen molar-refractivity contribution in [2.75, 3.05) is 0 Å². The van der Waals surface area contributed by atoms with Crippen molar-refractivity contribution in [3.63, 3.8) is 0 Å². The Morgan fingerprint density at radius 3 is 2.88 bits per heavy atom. The van der Waals surface area contributed by atoms with E-state index >= 15 is 0 Å². The summed E-state index contributed by atoms with van der Waals surface area (Å²) in [4.78, 5) is 15.5. The molecule has 2 nitrogen and oxygen atoms in total. The summed E-state index contributed by atoms with van der Waals surface area (Å²) in [6.07, 6.45) is 2.39. The van der Waals surface area contributed by atoms with Gasteiger partial charge >= 0.3 is 0 Å². The molecule has 1 rings (SSSR count). The van der Waals surface area contributed by atoms with Crippen LogP contribution in [0, 0.1) is 0 Å². The second-order valence-corrected chi connectivity index (χ2v) is 2.67. The van der Waals surface area contributed by atoms with Gasteiger partial charge in [-0.2, -0.15) is 0 Å². The lowest BCUT2D eigenvalue weighted by atomic mass is 10.2. The lowest BCUT2D eigenvalue weighted by molar-refractivity contribution is 0.112. The summed E-state index contributed by atoms with van der Waals surface area (Å²) in [6.45, 7) is 0. The van der Waals surface area contributed by atoms with E-state index in [4.69, 9.17) is 0 Å². The van der Waals surface area contributed by atoms with Gasteiger partial charge in [0.05, 0.1) is 4.88 Å². The maximum atomic E-state index is 9.99.